The van der Waals surface area contributed by atoms with Crippen LogP contribution in [0.1, 0.15) is 32.4 Å². The lowest BCUT2D eigenvalue weighted by Gasteiger charge is -2.33. The Kier molecular flexibility index (Phi) is 6.72. The van der Waals surface area contributed by atoms with Gasteiger partial charge in [0.05, 0.1) is 21.5 Å². The Bertz CT molecular complexity index is 1390. The molecule has 210 valence electrons. The summed E-state index contributed by atoms with van der Waals surface area (Å²) in [6.07, 6.45) is -5.11. The van der Waals surface area contributed by atoms with Gasteiger partial charge in [0.15, 0.2) is 11.3 Å². The molecule has 0 amide bonds. The van der Waals surface area contributed by atoms with Crippen LogP contribution in [0.25, 0.3) is 20.8 Å². The number of carbonyl (C=O) groups is 1. The van der Waals surface area contributed by atoms with Crippen molar-refractivity contribution in [2.45, 2.75) is 63.3 Å². The molecule has 2 aliphatic rings. The van der Waals surface area contributed by atoms with E-state index in [1.807, 2.05) is 24.3 Å². The van der Waals surface area contributed by atoms with Gasteiger partial charge in [0, 0.05) is 5.92 Å². The van der Waals surface area contributed by atoms with E-state index >= 15 is 0 Å². The molecule has 2 heterocycles. The van der Waals surface area contributed by atoms with Gasteiger partial charge < -0.3 is 31.3 Å². The quantitative estimate of drug-likeness (QED) is 0.203. The molecule has 14 heteroatoms. The molecule has 0 aliphatic heterocycles. The van der Waals surface area contributed by atoms with Gasteiger partial charge in [-0.05, 0) is 37.8 Å². The topological polar surface area (TPSA) is 156 Å². The number of aromatic nitrogens is 3. The molecule has 1 aromatic carbocycles. The number of halogens is 3. The first-order valence-corrected chi connectivity index (χ1v) is 13.3. The lowest BCUT2D eigenvalue weighted by atomic mass is 10.0. The molecule has 0 bridgehead atoms. The summed E-state index contributed by atoms with van der Waals surface area (Å²) in [5, 5.41) is 28.6. The minimum atomic E-state index is -4.51. The number of aliphatic hydroxyl groups is 2. The van der Waals surface area contributed by atoms with Crippen molar-refractivity contribution in [3.05, 3.63) is 30.0 Å². The van der Waals surface area contributed by atoms with Gasteiger partial charge in [-0.15, -0.1) is 11.3 Å². The van der Waals surface area contributed by atoms with Crippen LogP contribution in [0.2, 0.25) is 0 Å². The number of esters is 1. The zero-order valence-electron chi connectivity index (χ0n) is 21.4. The van der Waals surface area contributed by atoms with Crippen LogP contribution in [0.15, 0.2) is 24.3 Å². The summed E-state index contributed by atoms with van der Waals surface area (Å²) >= 11 is 1.33. The van der Waals surface area contributed by atoms with Crippen molar-refractivity contribution in [2.24, 2.45) is 17.6 Å². The highest BCUT2D eigenvalue weighted by atomic mass is 32.1. The Labute approximate surface area is 225 Å². The van der Waals surface area contributed by atoms with E-state index in [9.17, 15) is 28.2 Å². The number of rotatable bonds is 8. The molecule has 5 rings (SSSR count). The van der Waals surface area contributed by atoms with E-state index in [0.717, 1.165) is 4.70 Å². The van der Waals surface area contributed by atoms with Gasteiger partial charge in [-0.25, -0.2) is 9.97 Å². The Hall–Kier alpha value is -3.07. The first-order chi connectivity index (χ1) is 18.2. The van der Waals surface area contributed by atoms with Crippen LogP contribution < -0.4 is 16.4 Å². The van der Waals surface area contributed by atoms with Crippen LogP contribution in [-0.4, -0.2) is 67.3 Å². The molecule has 39 heavy (non-hydrogen) atoms. The summed E-state index contributed by atoms with van der Waals surface area (Å²) in [5.41, 5.74) is 3.42. The number of para-hydroxylation sites is 1. The monoisotopic (exact) mass is 566 g/mol. The van der Waals surface area contributed by atoms with Crippen molar-refractivity contribution >= 4 is 39.3 Å². The largest absolute Gasteiger partial charge is 0.457 e. The number of thiazole rings is 1. The fraction of sp³-hybridized carbons (Fsp3) is 0.520. The number of alkyl halides is 3. The molecule has 6 N–H and O–H groups in total. The average Bonchev–Trinajstić information content (AvgIpc) is 3.12. The van der Waals surface area contributed by atoms with Crippen LogP contribution in [0.5, 0.6) is 0 Å². The molecule has 10 nitrogen and oxygen atoms in total. The van der Waals surface area contributed by atoms with Crippen LogP contribution in [-0.2, 0) is 9.53 Å². The number of nitrogens with two attached hydrogens (primary N) is 1. The maximum atomic E-state index is 12.9. The number of carbonyl (C=O) groups excluding carboxylic acids is 1. The van der Waals surface area contributed by atoms with Gasteiger partial charge in [0.1, 0.15) is 29.5 Å². The SMILES string of the molecule is Cc1nc(NCC(F)(F)F)nc(NC2(O)CCC3C(OC(=O)C(N)C(C)C)C32O)c1-c1nc2ccccc2s1. The normalized spacial score (nSPS) is 26.9. The number of benzene rings is 1. The van der Waals surface area contributed by atoms with Crippen molar-refractivity contribution in [2.75, 3.05) is 17.2 Å². The number of nitrogens with zero attached hydrogens (tertiary/aromatic N) is 3. The number of nitrogens with one attached hydrogen (secondary N) is 2. The Morgan fingerprint density at radius 3 is 2.64 bits per heavy atom. The van der Waals surface area contributed by atoms with E-state index in [4.69, 9.17) is 10.5 Å². The second-order valence-corrected chi connectivity index (χ2v) is 11.4. The van der Waals surface area contributed by atoms with Crippen LogP contribution >= 0.6 is 11.3 Å². The molecule has 5 unspecified atom stereocenters. The van der Waals surface area contributed by atoms with Crippen molar-refractivity contribution in [3.63, 3.8) is 0 Å². The van der Waals surface area contributed by atoms with Gasteiger partial charge >= 0.3 is 12.1 Å². The number of hydrogen-bond donors (Lipinski definition) is 5. The van der Waals surface area contributed by atoms with Gasteiger partial charge in [-0.2, -0.15) is 18.2 Å². The summed E-state index contributed by atoms with van der Waals surface area (Å²) in [6, 6.07) is 6.49. The molecular weight excluding hydrogens is 537 g/mol. The summed E-state index contributed by atoms with van der Waals surface area (Å²) in [6.45, 7) is 3.75. The van der Waals surface area contributed by atoms with E-state index in [-0.39, 0.29) is 24.1 Å². The van der Waals surface area contributed by atoms with Gasteiger partial charge in [0.25, 0.3) is 0 Å². The highest BCUT2D eigenvalue weighted by Crippen LogP contribution is 2.62. The lowest BCUT2D eigenvalue weighted by molar-refractivity contribution is -0.156. The average molecular weight is 567 g/mol. The van der Waals surface area contributed by atoms with Crippen LogP contribution in [0.4, 0.5) is 24.9 Å². The molecule has 2 aliphatic carbocycles. The number of ether oxygens (including phenoxy) is 1. The van der Waals surface area contributed by atoms with Crippen LogP contribution in [0, 0.1) is 18.8 Å². The minimum Gasteiger partial charge on any atom is -0.457 e. The van der Waals surface area contributed by atoms with E-state index in [0.29, 0.717) is 28.2 Å². The Balaban J connectivity index is 1.50. The lowest BCUT2D eigenvalue weighted by Crippen LogP contribution is -2.52. The smallest absolute Gasteiger partial charge is 0.405 e. The molecular formula is C25H29F3N6O4S. The predicted octanol–water partition coefficient (Wildman–Crippen LogP) is 3.19. The second-order valence-electron chi connectivity index (χ2n) is 10.4. The zero-order valence-corrected chi connectivity index (χ0v) is 22.2. The first-order valence-electron chi connectivity index (χ1n) is 12.5. The third kappa shape index (κ3) is 4.90. The predicted molar refractivity (Wildman–Crippen MR) is 139 cm³/mol. The molecule has 0 spiro atoms. The fourth-order valence-electron chi connectivity index (χ4n) is 5.05. The Morgan fingerprint density at radius 2 is 1.97 bits per heavy atom. The molecule has 3 aromatic rings. The number of hydrogen-bond acceptors (Lipinski definition) is 11. The summed E-state index contributed by atoms with van der Waals surface area (Å²) in [7, 11) is 0. The number of aryl methyl sites for hydroxylation is 1. The third-order valence-electron chi connectivity index (χ3n) is 7.34. The van der Waals surface area contributed by atoms with Crippen molar-refractivity contribution in [3.8, 4) is 10.6 Å². The maximum Gasteiger partial charge on any atom is 0.405 e. The molecule has 2 aromatic heterocycles. The van der Waals surface area contributed by atoms with E-state index < -0.39 is 48.1 Å². The van der Waals surface area contributed by atoms with Crippen LogP contribution in [0.3, 0.4) is 0 Å². The second kappa shape index (κ2) is 9.54. The van der Waals surface area contributed by atoms with E-state index in [1.165, 1.54) is 11.3 Å². The van der Waals surface area contributed by atoms with Crippen molar-refractivity contribution in [1.82, 2.24) is 15.0 Å². The molecule has 0 radical (unpaired) electrons. The first kappa shape index (κ1) is 27.5. The molecule has 5 atom stereocenters. The number of anilines is 2. The maximum absolute atomic E-state index is 12.9. The van der Waals surface area contributed by atoms with Gasteiger partial charge in [-0.3, -0.25) is 4.79 Å². The summed E-state index contributed by atoms with van der Waals surface area (Å²) in [4.78, 5) is 25.5. The molecule has 2 saturated carbocycles. The fourth-order valence-corrected chi connectivity index (χ4v) is 6.12. The standard InChI is InChI=1S/C25H29F3N6O4S/c1-11(2)17(29)21(35)38-18-13-8-9-23(36,25(13,18)37)34-19-16(20-32-14-6-4-5-7-15(14)39-20)12(3)31-22(33-19)30-10-24(26,27)28/h4-7,11,13,17-18,36-37H,8-10,29H2,1-3H3,(H2,30,31,33,34). The van der Waals surface area contributed by atoms with Crippen molar-refractivity contribution < 1.29 is 32.9 Å². The van der Waals surface area contributed by atoms with Gasteiger partial charge in [-0.1, -0.05) is 26.0 Å². The minimum absolute atomic E-state index is 0.0151. The molecule has 0 saturated heterocycles. The summed E-state index contributed by atoms with van der Waals surface area (Å²) < 4.78 is 45.0. The Morgan fingerprint density at radius 1 is 1.26 bits per heavy atom. The summed E-state index contributed by atoms with van der Waals surface area (Å²) in [5.74, 6) is -1.75. The highest BCUT2D eigenvalue weighted by molar-refractivity contribution is 7.21. The van der Waals surface area contributed by atoms with Crippen molar-refractivity contribution in [1.29, 1.82) is 0 Å². The highest BCUT2D eigenvalue weighted by Gasteiger charge is 2.80. The van der Waals surface area contributed by atoms with Gasteiger partial charge in [0.2, 0.25) is 5.95 Å². The number of fused-ring (bicyclic) bond motifs is 2. The van der Waals surface area contributed by atoms with E-state index in [2.05, 4.69) is 25.6 Å². The zero-order chi connectivity index (χ0) is 28.3. The van der Waals surface area contributed by atoms with E-state index in [1.54, 1.807) is 20.8 Å². The third-order valence-corrected chi connectivity index (χ3v) is 8.39. The molecule has 2 fully saturated rings.